The lowest BCUT2D eigenvalue weighted by atomic mass is 10.3. The molecule has 25 heavy (non-hydrogen) atoms. The van der Waals surface area contributed by atoms with Crippen molar-refractivity contribution in [2.75, 3.05) is 66.2 Å². The summed E-state index contributed by atoms with van der Waals surface area (Å²) in [5, 5.41) is 6.42. The highest BCUT2D eigenvalue weighted by Crippen LogP contribution is 2.17. The lowest BCUT2D eigenvalue weighted by Crippen LogP contribution is -2.33. The molecule has 0 unspecified atom stereocenters. The number of aliphatic imine (C=N–C) groups is 1. The Morgan fingerprint density at radius 2 is 1.84 bits per heavy atom. The highest BCUT2D eigenvalue weighted by molar-refractivity contribution is 14.0. The number of hydrogen-bond donors (Lipinski definition) is 2. The maximum absolute atomic E-state index is 5.69. The van der Waals surface area contributed by atoms with Crippen molar-refractivity contribution in [2.45, 2.75) is 6.42 Å². The summed E-state index contributed by atoms with van der Waals surface area (Å²) in [7, 11) is 5.07. The molecule has 1 aromatic rings. The first kappa shape index (κ1) is 23.9. The fourth-order valence-corrected chi connectivity index (χ4v) is 1.86. The van der Waals surface area contributed by atoms with E-state index in [1.165, 1.54) is 0 Å². The van der Waals surface area contributed by atoms with Crippen LogP contribution in [0, 0.1) is 0 Å². The summed E-state index contributed by atoms with van der Waals surface area (Å²) in [6.45, 7) is 3.77. The number of nitrogens with zero attached hydrogens (tertiary/aromatic N) is 1. The van der Waals surface area contributed by atoms with Gasteiger partial charge in [-0.2, -0.15) is 0 Å². The number of methoxy groups -OCH3 is 2. The lowest BCUT2D eigenvalue weighted by Gasteiger charge is -2.13. The SMILES string of the molecule is CN=C(NCCOCCOC)Nc1cccc(OCCCOC)c1.I. The van der Waals surface area contributed by atoms with Gasteiger partial charge in [-0.05, 0) is 12.1 Å². The number of guanidine groups is 1. The van der Waals surface area contributed by atoms with E-state index in [9.17, 15) is 0 Å². The lowest BCUT2D eigenvalue weighted by molar-refractivity contribution is 0.0734. The molecule has 0 fully saturated rings. The van der Waals surface area contributed by atoms with Crippen molar-refractivity contribution < 1.29 is 18.9 Å². The van der Waals surface area contributed by atoms with Crippen molar-refractivity contribution in [3.63, 3.8) is 0 Å². The van der Waals surface area contributed by atoms with Gasteiger partial charge in [-0.15, -0.1) is 24.0 Å². The van der Waals surface area contributed by atoms with E-state index in [1.54, 1.807) is 21.3 Å². The van der Waals surface area contributed by atoms with Gasteiger partial charge in [0.1, 0.15) is 5.75 Å². The summed E-state index contributed by atoms with van der Waals surface area (Å²) in [6, 6.07) is 7.77. The first-order chi connectivity index (χ1) is 11.8. The number of ether oxygens (including phenoxy) is 4. The Morgan fingerprint density at radius 1 is 1.04 bits per heavy atom. The van der Waals surface area contributed by atoms with Crippen LogP contribution in [0.3, 0.4) is 0 Å². The molecule has 0 aliphatic rings. The molecule has 8 heteroatoms. The largest absolute Gasteiger partial charge is 0.493 e. The van der Waals surface area contributed by atoms with E-state index in [0.29, 0.717) is 45.5 Å². The molecule has 144 valence electrons. The number of hydrogen-bond acceptors (Lipinski definition) is 5. The molecule has 0 radical (unpaired) electrons. The summed E-state index contributed by atoms with van der Waals surface area (Å²) in [5.74, 6) is 1.50. The summed E-state index contributed by atoms with van der Waals surface area (Å²) in [6.07, 6.45) is 0.862. The Hall–Kier alpha value is -1.10. The van der Waals surface area contributed by atoms with Crippen LogP contribution < -0.4 is 15.4 Å². The van der Waals surface area contributed by atoms with Crippen LogP contribution in [0.2, 0.25) is 0 Å². The third-order valence-corrected chi connectivity index (χ3v) is 3.05. The van der Waals surface area contributed by atoms with Crippen molar-refractivity contribution >= 4 is 35.6 Å². The van der Waals surface area contributed by atoms with Crippen LogP contribution >= 0.6 is 24.0 Å². The minimum atomic E-state index is 0. The highest BCUT2D eigenvalue weighted by Gasteiger charge is 2.01. The number of halogens is 1. The Morgan fingerprint density at radius 3 is 2.56 bits per heavy atom. The molecule has 7 nitrogen and oxygen atoms in total. The minimum absolute atomic E-state index is 0. The first-order valence-electron chi connectivity index (χ1n) is 8.06. The molecule has 0 spiro atoms. The molecule has 0 saturated carbocycles. The number of rotatable bonds is 12. The van der Waals surface area contributed by atoms with Crippen molar-refractivity contribution in [1.82, 2.24) is 5.32 Å². The molecule has 0 bridgehead atoms. The molecular weight excluding hydrogens is 437 g/mol. The molecule has 0 aliphatic carbocycles. The molecule has 1 aromatic carbocycles. The predicted octanol–water partition coefficient (Wildman–Crippen LogP) is 2.37. The van der Waals surface area contributed by atoms with Crippen LogP contribution in [0.5, 0.6) is 5.75 Å². The van der Waals surface area contributed by atoms with Crippen molar-refractivity contribution in [2.24, 2.45) is 4.99 Å². The molecule has 0 aliphatic heterocycles. The zero-order valence-corrected chi connectivity index (χ0v) is 17.6. The summed E-state index contributed by atoms with van der Waals surface area (Å²) < 4.78 is 21.0. The third-order valence-electron chi connectivity index (χ3n) is 3.05. The van der Waals surface area contributed by atoms with Gasteiger partial charge in [-0.3, -0.25) is 4.99 Å². The van der Waals surface area contributed by atoms with Gasteiger partial charge < -0.3 is 29.6 Å². The van der Waals surface area contributed by atoms with E-state index in [0.717, 1.165) is 17.9 Å². The van der Waals surface area contributed by atoms with Gasteiger partial charge in [0.2, 0.25) is 0 Å². The van der Waals surface area contributed by atoms with E-state index in [-0.39, 0.29) is 24.0 Å². The zero-order chi connectivity index (χ0) is 17.5. The topological polar surface area (TPSA) is 73.3 Å². The van der Waals surface area contributed by atoms with Gasteiger partial charge in [-0.1, -0.05) is 6.07 Å². The molecule has 2 N–H and O–H groups in total. The monoisotopic (exact) mass is 467 g/mol. The van der Waals surface area contributed by atoms with E-state index in [4.69, 9.17) is 18.9 Å². The Kier molecular flexibility index (Phi) is 15.7. The predicted molar refractivity (Wildman–Crippen MR) is 112 cm³/mol. The zero-order valence-electron chi connectivity index (χ0n) is 15.2. The van der Waals surface area contributed by atoms with Crippen LogP contribution in [0.1, 0.15) is 6.42 Å². The van der Waals surface area contributed by atoms with E-state index >= 15 is 0 Å². The third kappa shape index (κ3) is 12.0. The van der Waals surface area contributed by atoms with Gasteiger partial charge >= 0.3 is 0 Å². The second-order valence-electron chi connectivity index (χ2n) is 4.95. The highest BCUT2D eigenvalue weighted by atomic mass is 127. The molecule has 0 heterocycles. The Labute approximate surface area is 167 Å². The quantitative estimate of drug-likeness (QED) is 0.213. The number of anilines is 1. The van der Waals surface area contributed by atoms with Crippen molar-refractivity contribution in [3.8, 4) is 5.75 Å². The van der Waals surface area contributed by atoms with Crippen LogP contribution in [-0.2, 0) is 14.2 Å². The molecular formula is C17H30IN3O4. The number of benzene rings is 1. The van der Waals surface area contributed by atoms with Gasteiger partial charge in [0.15, 0.2) is 5.96 Å². The Bertz CT molecular complexity index is 475. The second kappa shape index (κ2) is 16.4. The normalized spacial score (nSPS) is 10.9. The number of nitrogens with one attached hydrogen (secondary N) is 2. The van der Waals surface area contributed by atoms with Crippen LogP contribution in [0.15, 0.2) is 29.3 Å². The maximum Gasteiger partial charge on any atom is 0.195 e. The molecule has 1 rings (SSSR count). The summed E-state index contributed by atoms with van der Waals surface area (Å²) >= 11 is 0. The van der Waals surface area contributed by atoms with Crippen LogP contribution in [0.4, 0.5) is 5.69 Å². The van der Waals surface area contributed by atoms with E-state index in [1.807, 2.05) is 24.3 Å². The van der Waals surface area contributed by atoms with Gasteiger partial charge in [-0.25, -0.2) is 0 Å². The molecule has 0 aromatic heterocycles. The van der Waals surface area contributed by atoms with Crippen LogP contribution in [-0.4, -0.2) is 66.8 Å². The van der Waals surface area contributed by atoms with Crippen molar-refractivity contribution in [3.05, 3.63) is 24.3 Å². The average molecular weight is 467 g/mol. The fourth-order valence-electron chi connectivity index (χ4n) is 1.86. The summed E-state index contributed by atoms with van der Waals surface area (Å²) in [5.41, 5.74) is 0.910. The molecule has 0 atom stereocenters. The smallest absolute Gasteiger partial charge is 0.195 e. The summed E-state index contributed by atoms with van der Waals surface area (Å²) in [4.78, 5) is 4.19. The fraction of sp³-hybridized carbons (Fsp3) is 0.588. The maximum atomic E-state index is 5.69. The Balaban J connectivity index is 0.00000576. The van der Waals surface area contributed by atoms with Gasteiger partial charge in [0.25, 0.3) is 0 Å². The van der Waals surface area contributed by atoms with Crippen molar-refractivity contribution in [1.29, 1.82) is 0 Å². The second-order valence-corrected chi connectivity index (χ2v) is 4.95. The standard InChI is InChI=1S/C17H29N3O4.HI/c1-18-17(19-8-11-23-13-12-22-3)20-15-6-4-7-16(14-15)24-10-5-9-21-2;/h4,6-7,14H,5,8-13H2,1-3H3,(H2,18,19,20);1H. The molecule has 0 saturated heterocycles. The van der Waals surface area contributed by atoms with Crippen LogP contribution in [0.25, 0.3) is 0 Å². The van der Waals surface area contributed by atoms with E-state index in [2.05, 4.69) is 15.6 Å². The van der Waals surface area contributed by atoms with Gasteiger partial charge in [0, 0.05) is 52.6 Å². The average Bonchev–Trinajstić information content (AvgIpc) is 2.61. The van der Waals surface area contributed by atoms with E-state index < -0.39 is 0 Å². The van der Waals surface area contributed by atoms with Gasteiger partial charge in [0.05, 0.1) is 26.4 Å². The molecule has 0 amide bonds. The first-order valence-corrected chi connectivity index (χ1v) is 8.06. The minimum Gasteiger partial charge on any atom is -0.493 e.